The van der Waals surface area contributed by atoms with E-state index < -0.39 is 0 Å². The molecule has 0 radical (unpaired) electrons. The van der Waals surface area contributed by atoms with Crippen LogP contribution in [-0.4, -0.2) is 30.6 Å². The van der Waals surface area contributed by atoms with Crippen LogP contribution in [0.25, 0.3) is 0 Å². The Balaban J connectivity index is 2.12. The highest BCUT2D eigenvalue weighted by Crippen LogP contribution is 2.28. The zero-order valence-corrected chi connectivity index (χ0v) is 9.35. The molecular formula is C12H16N2O2. The first-order chi connectivity index (χ1) is 7.83. The molecule has 0 bridgehead atoms. The molecular weight excluding hydrogens is 204 g/mol. The zero-order valence-electron chi connectivity index (χ0n) is 9.35. The predicted molar refractivity (Wildman–Crippen MR) is 60.0 cm³/mol. The number of aromatic nitrogens is 1. The fraction of sp³-hybridized carbons (Fsp3) is 0.500. The summed E-state index contributed by atoms with van der Waals surface area (Å²) in [5.41, 5.74) is 1.10. The van der Waals surface area contributed by atoms with Crippen molar-refractivity contribution in [3.63, 3.8) is 0 Å². The minimum Gasteiger partial charge on any atom is -0.466 e. The van der Waals surface area contributed by atoms with E-state index in [1.807, 2.05) is 25.3 Å². The Morgan fingerprint density at radius 1 is 1.62 bits per heavy atom. The maximum Gasteiger partial charge on any atom is 0.310 e. The van der Waals surface area contributed by atoms with Gasteiger partial charge in [0.2, 0.25) is 0 Å². The number of hydrogen-bond acceptors (Lipinski definition) is 4. The fourth-order valence-electron chi connectivity index (χ4n) is 2.12. The lowest BCUT2D eigenvalue weighted by molar-refractivity contribution is -0.147. The monoisotopic (exact) mass is 220 g/mol. The van der Waals surface area contributed by atoms with Crippen molar-refractivity contribution in [1.82, 2.24) is 10.3 Å². The lowest BCUT2D eigenvalue weighted by Gasteiger charge is -2.16. The average Bonchev–Trinajstić information content (AvgIpc) is 2.79. The van der Waals surface area contributed by atoms with Crippen LogP contribution in [0.15, 0.2) is 24.5 Å². The number of ether oxygens (including phenoxy) is 1. The molecule has 0 aromatic carbocycles. The van der Waals surface area contributed by atoms with E-state index in [0.717, 1.165) is 12.1 Å². The molecule has 1 aromatic heterocycles. The van der Waals surface area contributed by atoms with Crippen molar-refractivity contribution < 1.29 is 9.53 Å². The summed E-state index contributed by atoms with van der Waals surface area (Å²) in [6, 6.07) is 3.91. The number of rotatable bonds is 3. The summed E-state index contributed by atoms with van der Waals surface area (Å²) in [6.45, 7) is 3.78. The van der Waals surface area contributed by atoms with Crippen molar-refractivity contribution >= 4 is 5.97 Å². The van der Waals surface area contributed by atoms with Crippen LogP contribution in [0.2, 0.25) is 0 Å². The number of pyridine rings is 1. The summed E-state index contributed by atoms with van der Waals surface area (Å²) >= 11 is 0. The molecule has 2 rings (SSSR count). The van der Waals surface area contributed by atoms with Crippen LogP contribution in [0.3, 0.4) is 0 Å². The van der Waals surface area contributed by atoms with Gasteiger partial charge in [-0.15, -0.1) is 0 Å². The second kappa shape index (κ2) is 5.07. The Hall–Kier alpha value is -1.42. The number of nitrogens with zero attached hydrogens (tertiary/aromatic N) is 1. The highest BCUT2D eigenvalue weighted by atomic mass is 16.5. The van der Waals surface area contributed by atoms with E-state index in [1.165, 1.54) is 0 Å². The molecule has 0 aliphatic carbocycles. The van der Waals surface area contributed by atoms with Crippen LogP contribution in [-0.2, 0) is 9.53 Å². The number of esters is 1. The second-order valence-corrected chi connectivity index (χ2v) is 3.91. The number of carbonyl (C=O) groups excluding carboxylic acids is 1. The van der Waals surface area contributed by atoms with E-state index in [-0.39, 0.29) is 17.8 Å². The van der Waals surface area contributed by atoms with Gasteiger partial charge in [-0.1, -0.05) is 6.07 Å². The quantitative estimate of drug-likeness (QED) is 0.770. The van der Waals surface area contributed by atoms with Gasteiger partial charge in [0.15, 0.2) is 0 Å². The molecule has 0 saturated carbocycles. The first-order valence-electron chi connectivity index (χ1n) is 5.60. The van der Waals surface area contributed by atoms with Crippen LogP contribution in [0.4, 0.5) is 0 Å². The normalized spacial score (nSPS) is 24.3. The van der Waals surface area contributed by atoms with Crippen LogP contribution < -0.4 is 5.32 Å². The third-order valence-corrected chi connectivity index (χ3v) is 2.92. The van der Waals surface area contributed by atoms with Gasteiger partial charge >= 0.3 is 5.97 Å². The van der Waals surface area contributed by atoms with E-state index in [1.54, 1.807) is 6.20 Å². The fourth-order valence-corrected chi connectivity index (χ4v) is 2.12. The third kappa shape index (κ3) is 2.22. The van der Waals surface area contributed by atoms with Gasteiger partial charge in [-0.2, -0.15) is 0 Å². The molecule has 2 atom stereocenters. The summed E-state index contributed by atoms with van der Waals surface area (Å²) in [4.78, 5) is 15.8. The van der Waals surface area contributed by atoms with Gasteiger partial charge in [0.1, 0.15) is 0 Å². The lowest BCUT2D eigenvalue weighted by atomic mass is 9.90. The number of nitrogens with one attached hydrogen (secondary N) is 1. The van der Waals surface area contributed by atoms with Crippen molar-refractivity contribution in [1.29, 1.82) is 0 Å². The van der Waals surface area contributed by atoms with Gasteiger partial charge in [-0.3, -0.25) is 9.78 Å². The van der Waals surface area contributed by atoms with Crippen LogP contribution >= 0.6 is 0 Å². The molecule has 0 spiro atoms. The van der Waals surface area contributed by atoms with E-state index in [0.29, 0.717) is 13.2 Å². The standard InChI is InChI=1S/C12H16N2O2/c1-2-16-12(15)11-8-14-7-10(11)9-4-3-5-13-6-9/h3-6,10-11,14H,2,7-8H2,1H3. The molecule has 1 fully saturated rings. The molecule has 2 unspecified atom stereocenters. The average molecular weight is 220 g/mol. The first kappa shape index (κ1) is 11.1. The SMILES string of the molecule is CCOC(=O)C1CNCC1c1cccnc1. The molecule has 1 aliphatic heterocycles. The largest absolute Gasteiger partial charge is 0.466 e. The van der Waals surface area contributed by atoms with E-state index in [4.69, 9.17) is 4.74 Å². The van der Waals surface area contributed by atoms with E-state index >= 15 is 0 Å². The number of carbonyl (C=O) groups is 1. The highest BCUT2D eigenvalue weighted by Gasteiger charge is 2.34. The zero-order chi connectivity index (χ0) is 11.4. The molecule has 16 heavy (non-hydrogen) atoms. The second-order valence-electron chi connectivity index (χ2n) is 3.91. The van der Waals surface area contributed by atoms with Crippen molar-refractivity contribution in [3.05, 3.63) is 30.1 Å². The highest BCUT2D eigenvalue weighted by molar-refractivity contribution is 5.74. The maximum absolute atomic E-state index is 11.7. The van der Waals surface area contributed by atoms with Crippen LogP contribution in [0.1, 0.15) is 18.4 Å². The van der Waals surface area contributed by atoms with Gasteiger partial charge in [0.05, 0.1) is 12.5 Å². The predicted octanol–water partition coefficient (Wildman–Crippen LogP) is 0.948. The van der Waals surface area contributed by atoms with Crippen molar-refractivity contribution in [3.8, 4) is 0 Å². The van der Waals surface area contributed by atoms with Crippen LogP contribution in [0, 0.1) is 5.92 Å². The Morgan fingerprint density at radius 2 is 2.50 bits per heavy atom. The first-order valence-corrected chi connectivity index (χ1v) is 5.60. The molecule has 0 amide bonds. The van der Waals surface area contributed by atoms with Gasteiger partial charge in [0, 0.05) is 31.4 Å². The molecule has 86 valence electrons. The Kier molecular flexibility index (Phi) is 3.51. The smallest absolute Gasteiger partial charge is 0.310 e. The topological polar surface area (TPSA) is 51.2 Å². The molecule has 1 saturated heterocycles. The molecule has 1 aromatic rings. The van der Waals surface area contributed by atoms with E-state index in [9.17, 15) is 4.79 Å². The summed E-state index contributed by atoms with van der Waals surface area (Å²) < 4.78 is 5.08. The van der Waals surface area contributed by atoms with Gasteiger partial charge in [0.25, 0.3) is 0 Å². The summed E-state index contributed by atoms with van der Waals surface area (Å²) in [6.07, 6.45) is 3.56. The Morgan fingerprint density at radius 3 is 3.19 bits per heavy atom. The Labute approximate surface area is 95.0 Å². The van der Waals surface area contributed by atoms with E-state index in [2.05, 4.69) is 10.3 Å². The molecule has 1 aliphatic rings. The lowest BCUT2D eigenvalue weighted by Crippen LogP contribution is -2.24. The van der Waals surface area contributed by atoms with Crippen molar-refractivity contribution in [2.45, 2.75) is 12.8 Å². The molecule has 4 nitrogen and oxygen atoms in total. The number of hydrogen-bond donors (Lipinski definition) is 1. The minimum absolute atomic E-state index is 0.0795. The summed E-state index contributed by atoms with van der Waals surface area (Å²) in [5, 5.41) is 3.23. The summed E-state index contributed by atoms with van der Waals surface area (Å²) in [7, 11) is 0. The summed E-state index contributed by atoms with van der Waals surface area (Å²) in [5.74, 6) is -0.00162. The molecule has 4 heteroatoms. The van der Waals surface area contributed by atoms with Gasteiger partial charge in [-0.25, -0.2) is 0 Å². The minimum atomic E-state index is -0.110. The van der Waals surface area contributed by atoms with Crippen molar-refractivity contribution in [2.75, 3.05) is 19.7 Å². The molecule has 2 heterocycles. The van der Waals surface area contributed by atoms with Gasteiger partial charge in [-0.05, 0) is 18.6 Å². The van der Waals surface area contributed by atoms with Gasteiger partial charge < -0.3 is 10.1 Å². The third-order valence-electron chi connectivity index (χ3n) is 2.92. The van der Waals surface area contributed by atoms with Crippen molar-refractivity contribution in [2.24, 2.45) is 5.92 Å². The maximum atomic E-state index is 11.7. The Bertz CT molecular complexity index is 353. The van der Waals surface area contributed by atoms with Crippen LogP contribution in [0.5, 0.6) is 0 Å². The molecule has 1 N–H and O–H groups in total.